The molecule has 0 saturated carbocycles. The Bertz CT molecular complexity index is 1780. The third kappa shape index (κ3) is 3.73. The Labute approximate surface area is 252 Å². The van der Waals surface area contributed by atoms with Crippen LogP contribution in [0.15, 0.2) is 78.9 Å². The number of carbonyl (C=O) groups is 2. The maximum absolute atomic E-state index is 14.3. The minimum absolute atomic E-state index is 0.0292. The molecule has 4 atom stereocenters. The molecular formula is C35H36N2O5Si. The molecule has 1 fully saturated rings. The van der Waals surface area contributed by atoms with E-state index in [4.69, 9.17) is 9.47 Å². The Morgan fingerprint density at radius 2 is 1.70 bits per heavy atom. The Hall–Kier alpha value is -3.98. The number of nitrogens with zero attached hydrogens (tertiary/aromatic N) is 2. The molecule has 1 saturated heterocycles. The van der Waals surface area contributed by atoms with E-state index >= 15 is 0 Å². The molecule has 2 amide bonds. The molecule has 3 heterocycles. The van der Waals surface area contributed by atoms with Crippen molar-refractivity contribution in [3.05, 3.63) is 90.0 Å². The van der Waals surface area contributed by atoms with Crippen molar-refractivity contribution in [2.45, 2.75) is 43.7 Å². The summed E-state index contributed by atoms with van der Waals surface area (Å²) in [4.78, 5) is 31.6. The number of aliphatic hydroxyl groups excluding tert-OH is 1. The molecule has 0 aliphatic carbocycles. The number of likely N-dealkylation sites (N-methyl/N-ethyl adjacent to an activating group) is 1. The van der Waals surface area contributed by atoms with Gasteiger partial charge in [0.1, 0.15) is 5.75 Å². The van der Waals surface area contributed by atoms with Crippen LogP contribution in [0.25, 0.3) is 10.8 Å². The molecule has 3 aliphatic heterocycles. The summed E-state index contributed by atoms with van der Waals surface area (Å²) >= 11 is 0. The van der Waals surface area contributed by atoms with Crippen LogP contribution in [-0.4, -0.2) is 51.9 Å². The smallest absolute Gasteiger partial charge is 0.264 e. The van der Waals surface area contributed by atoms with Crippen LogP contribution in [-0.2, 0) is 15.1 Å². The van der Waals surface area contributed by atoms with Crippen LogP contribution in [0.2, 0.25) is 18.6 Å². The molecule has 7 nitrogen and oxygen atoms in total. The molecule has 3 aliphatic rings. The minimum atomic E-state index is -2.26. The molecule has 1 N–H and O–H groups in total. The molecule has 220 valence electrons. The van der Waals surface area contributed by atoms with Gasteiger partial charge < -0.3 is 19.5 Å². The average Bonchev–Trinajstić information content (AvgIpc) is 3.56. The van der Waals surface area contributed by atoms with Gasteiger partial charge >= 0.3 is 0 Å². The van der Waals surface area contributed by atoms with Gasteiger partial charge in [0.05, 0.1) is 38.2 Å². The van der Waals surface area contributed by atoms with Crippen LogP contribution in [0.3, 0.4) is 0 Å². The number of rotatable bonds is 6. The van der Waals surface area contributed by atoms with E-state index < -0.39 is 13.7 Å². The first kappa shape index (κ1) is 27.8. The first-order valence-electron chi connectivity index (χ1n) is 14.9. The maximum Gasteiger partial charge on any atom is 0.264 e. The van der Waals surface area contributed by atoms with Crippen LogP contribution in [0.5, 0.6) is 5.75 Å². The molecule has 0 radical (unpaired) electrons. The lowest BCUT2D eigenvalue weighted by Gasteiger charge is -2.37. The maximum atomic E-state index is 14.3. The van der Waals surface area contributed by atoms with Gasteiger partial charge in [0.15, 0.2) is 5.60 Å². The summed E-state index contributed by atoms with van der Waals surface area (Å²) in [5.74, 6) is 0.448. The summed E-state index contributed by atoms with van der Waals surface area (Å²) in [7, 11) is 1.19. The lowest BCUT2D eigenvalue weighted by Crippen LogP contribution is -2.51. The summed E-state index contributed by atoms with van der Waals surface area (Å²) in [6.07, 6.45) is 0.138. The Balaban J connectivity index is 1.35. The predicted octanol–water partition coefficient (Wildman–Crippen LogP) is 5.72. The highest BCUT2D eigenvalue weighted by Crippen LogP contribution is 2.60. The van der Waals surface area contributed by atoms with Crippen molar-refractivity contribution in [1.29, 1.82) is 0 Å². The average molecular weight is 593 g/mol. The van der Waals surface area contributed by atoms with Crippen LogP contribution >= 0.6 is 0 Å². The number of hydrogen-bond donors (Lipinski definition) is 1. The van der Waals surface area contributed by atoms with Gasteiger partial charge in [-0.25, -0.2) is 0 Å². The quantitative estimate of drug-likeness (QED) is 0.290. The van der Waals surface area contributed by atoms with Gasteiger partial charge in [-0.15, -0.1) is 0 Å². The predicted molar refractivity (Wildman–Crippen MR) is 172 cm³/mol. The van der Waals surface area contributed by atoms with Crippen molar-refractivity contribution in [2.75, 3.05) is 30.6 Å². The third-order valence-corrected chi connectivity index (χ3v) is 14.5. The fourth-order valence-corrected chi connectivity index (χ4v) is 12.2. The number of benzene rings is 4. The lowest BCUT2D eigenvalue weighted by atomic mass is 9.82. The van der Waals surface area contributed by atoms with Gasteiger partial charge in [0.25, 0.3) is 11.8 Å². The van der Waals surface area contributed by atoms with E-state index in [1.807, 2.05) is 66.7 Å². The van der Waals surface area contributed by atoms with Gasteiger partial charge in [-0.2, -0.15) is 0 Å². The highest BCUT2D eigenvalue weighted by atomic mass is 28.3. The zero-order valence-electron chi connectivity index (χ0n) is 25.1. The number of amides is 2. The number of hydrogen-bond acceptors (Lipinski definition) is 5. The van der Waals surface area contributed by atoms with Crippen LogP contribution in [0.4, 0.5) is 17.1 Å². The minimum Gasteiger partial charge on any atom is -0.497 e. The number of anilines is 3. The molecule has 0 unspecified atom stereocenters. The fourth-order valence-electron chi connectivity index (χ4n) is 8.12. The highest BCUT2D eigenvalue weighted by molar-refractivity contribution is 6.91. The molecular weight excluding hydrogens is 556 g/mol. The second-order valence-electron chi connectivity index (χ2n) is 12.6. The van der Waals surface area contributed by atoms with Gasteiger partial charge in [-0.1, -0.05) is 61.6 Å². The zero-order valence-corrected chi connectivity index (χ0v) is 26.1. The SMILES string of the molecule is COc1ccc([Si](C)(C)[C@@H]2[C@@H](CCO)O[C@]3(C(=O)N(C)c4ccc(N5C(=O)c6cccc7cccc5c67)cc43)[C@H]2C)cc1. The second kappa shape index (κ2) is 9.77. The van der Waals surface area contributed by atoms with Crippen LogP contribution in [0, 0.1) is 5.92 Å². The van der Waals surface area contributed by atoms with Crippen molar-refractivity contribution < 1.29 is 24.2 Å². The first-order valence-corrected chi connectivity index (χ1v) is 17.9. The number of aliphatic hydroxyl groups is 1. The second-order valence-corrected chi connectivity index (χ2v) is 17.2. The van der Waals surface area contributed by atoms with Crippen molar-refractivity contribution in [2.24, 2.45) is 5.92 Å². The molecule has 43 heavy (non-hydrogen) atoms. The van der Waals surface area contributed by atoms with Gasteiger partial charge in [0.2, 0.25) is 0 Å². The first-order chi connectivity index (χ1) is 20.6. The fraction of sp³-hybridized carbons (Fsp3) is 0.314. The van der Waals surface area contributed by atoms with E-state index in [1.54, 1.807) is 24.0 Å². The van der Waals surface area contributed by atoms with Crippen molar-refractivity contribution in [3.8, 4) is 5.75 Å². The summed E-state index contributed by atoms with van der Waals surface area (Å²) < 4.78 is 12.4. The number of methoxy groups -OCH3 is 1. The normalized spacial score (nSPS) is 24.5. The van der Waals surface area contributed by atoms with Crippen molar-refractivity contribution in [1.82, 2.24) is 0 Å². The molecule has 7 rings (SSSR count). The Kier molecular flexibility index (Phi) is 6.32. The van der Waals surface area contributed by atoms with Gasteiger partial charge in [0, 0.05) is 36.2 Å². The molecule has 8 heteroatoms. The number of fused-ring (bicyclic) bond motifs is 2. The Morgan fingerprint density at radius 3 is 2.40 bits per heavy atom. The van der Waals surface area contributed by atoms with E-state index in [0.29, 0.717) is 17.7 Å². The summed E-state index contributed by atoms with van der Waals surface area (Å²) in [6.45, 7) is 6.75. The molecule has 4 aromatic rings. The van der Waals surface area contributed by atoms with E-state index in [9.17, 15) is 14.7 Å². The van der Waals surface area contributed by atoms with Crippen molar-refractivity contribution in [3.63, 3.8) is 0 Å². The molecule has 4 aromatic carbocycles. The number of ether oxygens (including phenoxy) is 2. The van der Waals surface area contributed by atoms with Gasteiger partial charge in [-0.05, 0) is 59.8 Å². The summed E-state index contributed by atoms with van der Waals surface area (Å²) in [5.41, 5.74) is 2.63. The third-order valence-electron chi connectivity index (χ3n) is 10.2. The zero-order chi connectivity index (χ0) is 30.3. The Morgan fingerprint density at radius 1 is 0.977 bits per heavy atom. The standard InChI is InChI=1S/C35H36N2O5Si/c1-21-32(43(4,5)25-15-13-24(41-3)14-16-25)30(18-19-38)42-35(21)27-20-23(12-17-28(27)36(2)34(35)40)37-29-11-7-9-22-8-6-10-26(31(22)29)33(37)39/h6-17,20-21,30,32,38H,18-19H2,1-5H3/t21-,30+,32-,35+/m0/s1. The van der Waals surface area contributed by atoms with E-state index in [0.717, 1.165) is 33.5 Å². The van der Waals surface area contributed by atoms with E-state index in [2.05, 4.69) is 32.2 Å². The lowest BCUT2D eigenvalue weighted by molar-refractivity contribution is -0.145. The van der Waals surface area contributed by atoms with E-state index in [1.165, 1.54) is 5.19 Å². The molecule has 0 aromatic heterocycles. The van der Waals surface area contributed by atoms with Crippen LogP contribution in [0.1, 0.15) is 29.3 Å². The monoisotopic (exact) mass is 592 g/mol. The van der Waals surface area contributed by atoms with Crippen LogP contribution < -0.4 is 19.7 Å². The molecule has 1 spiro atoms. The van der Waals surface area contributed by atoms with E-state index in [-0.39, 0.29) is 36.0 Å². The largest absolute Gasteiger partial charge is 0.497 e. The molecule has 0 bridgehead atoms. The highest BCUT2D eigenvalue weighted by Gasteiger charge is 2.65. The topological polar surface area (TPSA) is 79.3 Å². The van der Waals surface area contributed by atoms with Gasteiger partial charge in [-0.3, -0.25) is 14.5 Å². The summed E-state index contributed by atoms with van der Waals surface area (Å²) in [5, 5.41) is 13.3. The summed E-state index contributed by atoms with van der Waals surface area (Å²) in [6, 6.07) is 25.9. The van der Waals surface area contributed by atoms with Crippen molar-refractivity contribution >= 4 is 52.9 Å². The number of carbonyl (C=O) groups excluding carboxylic acids is 2.